The van der Waals surface area contributed by atoms with Gasteiger partial charge >= 0.3 is 5.97 Å². The highest BCUT2D eigenvalue weighted by molar-refractivity contribution is 6.38. The molecule has 0 aliphatic carbocycles. The average Bonchev–Trinajstić information content (AvgIpc) is 3.24. The summed E-state index contributed by atoms with van der Waals surface area (Å²) in [7, 11) is 0. The van der Waals surface area contributed by atoms with Crippen LogP contribution in [0.4, 0.5) is 0 Å². The highest BCUT2D eigenvalue weighted by atomic mass is 35.5. The molecule has 0 unspecified atom stereocenters. The summed E-state index contributed by atoms with van der Waals surface area (Å²) in [5.41, 5.74) is 2.67. The second-order valence-corrected chi connectivity index (χ2v) is 8.69. The molecule has 0 aromatic heterocycles. The van der Waals surface area contributed by atoms with Crippen molar-refractivity contribution in [1.29, 1.82) is 0 Å². The number of ether oxygens (including phenoxy) is 3. The van der Waals surface area contributed by atoms with E-state index in [4.69, 9.17) is 65.7 Å². The number of benzene rings is 3. The van der Waals surface area contributed by atoms with Gasteiger partial charge in [-0.05, 0) is 59.5 Å². The molecule has 0 spiro atoms. The van der Waals surface area contributed by atoms with Gasteiger partial charge in [-0.1, -0.05) is 58.5 Å². The second kappa shape index (κ2) is 10.1. The number of aliphatic carboxylic acids is 1. The summed E-state index contributed by atoms with van der Waals surface area (Å²) >= 11 is 25.7. The first kappa shape index (κ1) is 23.6. The third-order valence-electron chi connectivity index (χ3n) is 4.96. The van der Waals surface area contributed by atoms with Gasteiger partial charge in [-0.25, -0.2) is 4.79 Å². The van der Waals surface area contributed by atoms with E-state index in [1.165, 1.54) is 6.08 Å². The van der Waals surface area contributed by atoms with Gasteiger partial charge in [0.25, 0.3) is 0 Å². The Balaban J connectivity index is 1.71. The van der Waals surface area contributed by atoms with Crippen LogP contribution in [0, 0.1) is 0 Å². The molecule has 3 aromatic carbocycles. The number of carboxylic acids is 1. The predicted molar refractivity (Wildman–Crippen MR) is 129 cm³/mol. The molecule has 1 aliphatic rings. The Labute approximate surface area is 210 Å². The quantitative estimate of drug-likeness (QED) is 0.328. The molecule has 0 radical (unpaired) electrons. The molecule has 1 aliphatic heterocycles. The first-order chi connectivity index (χ1) is 15.8. The van der Waals surface area contributed by atoms with Crippen LogP contribution in [0.15, 0.2) is 48.5 Å². The lowest BCUT2D eigenvalue weighted by Gasteiger charge is -2.17. The lowest BCUT2D eigenvalue weighted by Crippen LogP contribution is -2.02. The Morgan fingerprint density at radius 1 is 0.970 bits per heavy atom. The first-order valence-corrected chi connectivity index (χ1v) is 11.2. The second-order valence-electron chi connectivity index (χ2n) is 7.09. The van der Waals surface area contributed by atoms with Crippen LogP contribution in [0.1, 0.15) is 22.3 Å². The number of hydrogen-bond acceptors (Lipinski definition) is 4. The van der Waals surface area contributed by atoms with Crippen molar-refractivity contribution in [3.63, 3.8) is 0 Å². The Hall–Kier alpha value is -2.57. The zero-order chi connectivity index (χ0) is 23.5. The maximum absolute atomic E-state index is 11.1. The first-order valence-electron chi connectivity index (χ1n) is 9.69. The van der Waals surface area contributed by atoms with Gasteiger partial charge in [0.15, 0.2) is 17.2 Å². The van der Waals surface area contributed by atoms with Crippen LogP contribution in [-0.4, -0.2) is 17.9 Å². The Morgan fingerprint density at radius 3 is 2.42 bits per heavy atom. The molecule has 170 valence electrons. The molecule has 0 atom stereocenters. The van der Waals surface area contributed by atoms with Gasteiger partial charge in [-0.2, -0.15) is 0 Å². The Kier molecular flexibility index (Phi) is 7.25. The molecule has 0 fully saturated rings. The van der Waals surface area contributed by atoms with Crippen LogP contribution in [0.2, 0.25) is 20.1 Å². The number of halogens is 4. The molecule has 0 saturated heterocycles. The maximum atomic E-state index is 11.1. The molecule has 1 heterocycles. The van der Waals surface area contributed by atoms with E-state index in [-0.39, 0.29) is 29.2 Å². The van der Waals surface area contributed by atoms with Crippen molar-refractivity contribution >= 4 is 58.4 Å². The fourth-order valence-corrected chi connectivity index (χ4v) is 4.50. The van der Waals surface area contributed by atoms with Crippen LogP contribution in [-0.2, 0) is 17.8 Å². The van der Waals surface area contributed by atoms with Crippen molar-refractivity contribution in [2.45, 2.75) is 13.0 Å². The van der Waals surface area contributed by atoms with E-state index in [1.807, 2.05) is 18.2 Å². The third-order valence-corrected chi connectivity index (χ3v) is 6.35. The molecule has 3 aromatic rings. The standard InChI is InChI=1S/C24H16Cl4O5/c25-17-2-1-3-18(26)16(17)11-31-24-19(27)10-14(5-7-22(29)30)15(23(24)28)8-13-4-6-20-21(9-13)33-12-32-20/h1-7,9-10H,8,11-12H2,(H,29,30). The number of fused-ring (bicyclic) bond motifs is 1. The van der Waals surface area contributed by atoms with E-state index in [0.717, 1.165) is 11.6 Å². The van der Waals surface area contributed by atoms with Crippen molar-refractivity contribution < 1.29 is 24.1 Å². The van der Waals surface area contributed by atoms with Crippen molar-refractivity contribution in [3.05, 3.63) is 90.9 Å². The molecule has 5 nitrogen and oxygen atoms in total. The Bertz CT molecular complexity index is 1240. The lowest BCUT2D eigenvalue weighted by atomic mass is 9.98. The number of carboxylic acid groups (broad SMARTS) is 1. The van der Waals surface area contributed by atoms with E-state index in [2.05, 4.69) is 0 Å². The summed E-state index contributed by atoms with van der Waals surface area (Å²) < 4.78 is 16.7. The van der Waals surface area contributed by atoms with Gasteiger partial charge in [0.1, 0.15) is 6.61 Å². The third kappa shape index (κ3) is 5.33. The van der Waals surface area contributed by atoms with Crippen molar-refractivity contribution in [1.82, 2.24) is 0 Å². The zero-order valence-corrected chi connectivity index (χ0v) is 19.9. The van der Waals surface area contributed by atoms with Crippen LogP contribution in [0.3, 0.4) is 0 Å². The molecule has 9 heteroatoms. The fraction of sp³-hybridized carbons (Fsp3) is 0.125. The van der Waals surface area contributed by atoms with Crippen molar-refractivity contribution in [2.24, 2.45) is 0 Å². The maximum Gasteiger partial charge on any atom is 0.328 e. The molecular formula is C24H16Cl4O5. The topological polar surface area (TPSA) is 65.0 Å². The predicted octanol–water partition coefficient (Wildman–Crippen LogP) is 7.30. The van der Waals surface area contributed by atoms with Crippen molar-refractivity contribution in [2.75, 3.05) is 6.79 Å². The summed E-state index contributed by atoms with van der Waals surface area (Å²) in [4.78, 5) is 11.1. The molecule has 4 rings (SSSR count). The smallest absolute Gasteiger partial charge is 0.328 e. The minimum absolute atomic E-state index is 0.0473. The summed E-state index contributed by atoms with van der Waals surface area (Å²) in [6.45, 7) is 0.210. The molecular weight excluding hydrogens is 510 g/mol. The molecule has 1 N–H and O–H groups in total. The molecule has 0 amide bonds. The monoisotopic (exact) mass is 524 g/mol. The minimum Gasteiger partial charge on any atom is -0.486 e. The van der Waals surface area contributed by atoms with Gasteiger partial charge in [0.2, 0.25) is 6.79 Å². The van der Waals surface area contributed by atoms with E-state index >= 15 is 0 Å². The fourth-order valence-electron chi connectivity index (χ4n) is 3.35. The minimum atomic E-state index is -1.09. The van der Waals surface area contributed by atoms with Crippen molar-refractivity contribution in [3.8, 4) is 17.2 Å². The lowest BCUT2D eigenvalue weighted by molar-refractivity contribution is -0.131. The summed E-state index contributed by atoms with van der Waals surface area (Å²) in [6.07, 6.45) is 2.83. The van der Waals surface area contributed by atoms with Crippen LogP contribution < -0.4 is 14.2 Å². The number of carbonyl (C=O) groups is 1. The van der Waals surface area contributed by atoms with Gasteiger partial charge in [-0.3, -0.25) is 0 Å². The molecule has 0 saturated carbocycles. The highest BCUT2D eigenvalue weighted by Gasteiger charge is 2.20. The van der Waals surface area contributed by atoms with Crippen LogP contribution in [0.5, 0.6) is 17.2 Å². The molecule has 0 bridgehead atoms. The van der Waals surface area contributed by atoms with E-state index in [0.29, 0.717) is 44.7 Å². The van der Waals surface area contributed by atoms with Gasteiger partial charge < -0.3 is 19.3 Å². The summed E-state index contributed by atoms with van der Waals surface area (Å²) in [5, 5.41) is 10.5. The van der Waals surface area contributed by atoms with E-state index in [1.54, 1.807) is 24.3 Å². The van der Waals surface area contributed by atoms with Crippen LogP contribution in [0.25, 0.3) is 6.08 Å². The largest absolute Gasteiger partial charge is 0.486 e. The van der Waals surface area contributed by atoms with Gasteiger partial charge in [-0.15, -0.1) is 0 Å². The average molecular weight is 526 g/mol. The van der Waals surface area contributed by atoms with Gasteiger partial charge in [0.05, 0.1) is 10.0 Å². The SMILES string of the molecule is O=C(O)C=Cc1cc(Cl)c(OCc2c(Cl)cccc2Cl)c(Cl)c1Cc1ccc2c(c1)OCO2. The normalized spacial score (nSPS) is 12.4. The highest BCUT2D eigenvalue weighted by Crippen LogP contribution is 2.41. The summed E-state index contributed by atoms with van der Waals surface area (Å²) in [5.74, 6) is 0.445. The van der Waals surface area contributed by atoms with Crippen LogP contribution >= 0.6 is 46.4 Å². The van der Waals surface area contributed by atoms with E-state index in [9.17, 15) is 4.79 Å². The molecule has 33 heavy (non-hydrogen) atoms. The number of rotatable bonds is 7. The number of hydrogen-bond donors (Lipinski definition) is 1. The summed E-state index contributed by atoms with van der Waals surface area (Å²) in [6, 6.07) is 12.3. The van der Waals surface area contributed by atoms with E-state index < -0.39 is 5.97 Å². The van der Waals surface area contributed by atoms with Gasteiger partial charge in [0, 0.05) is 21.7 Å². The Morgan fingerprint density at radius 2 is 1.70 bits per heavy atom. The zero-order valence-electron chi connectivity index (χ0n) is 16.9.